The molecule has 19 heteroatoms. The minimum Gasteiger partial charge on any atom is -0.503 e. The van der Waals surface area contributed by atoms with Crippen molar-refractivity contribution in [2.75, 3.05) is 58.3 Å². The lowest BCUT2D eigenvalue weighted by molar-refractivity contribution is -0.259. The van der Waals surface area contributed by atoms with E-state index in [4.69, 9.17) is 50.9 Å². The first-order valence-corrected chi connectivity index (χ1v) is 20.4. The summed E-state index contributed by atoms with van der Waals surface area (Å²) in [6, 6.07) is 1.47. The van der Waals surface area contributed by atoms with Crippen LogP contribution in [0.5, 0.6) is 11.5 Å². The third-order valence-electron chi connectivity index (χ3n) is 7.99. The Balaban J connectivity index is 4.88. The molecule has 1 rings (SSSR count). The third kappa shape index (κ3) is 8.92. The maximum absolute atomic E-state index is 14.7. The van der Waals surface area contributed by atoms with Crippen LogP contribution in [-0.4, -0.2) is 99.7 Å². The molecule has 0 aliphatic heterocycles. The van der Waals surface area contributed by atoms with Crippen LogP contribution in [0.1, 0.15) is 55.4 Å². The Bertz CT molecular complexity index is 1230. The van der Waals surface area contributed by atoms with Gasteiger partial charge in [-0.3, -0.25) is 9.34 Å². The Kier molecular flexibility index (Phi) is 17.3. The van der Waals surface area contributed by atoms with E-state index in [1.54, 1.807) is 64.7 Å². The van der Waals surface area contributed by atoms with Gasteiger partial charge in [0, 0.05) is 52.4 Å². The molecule has 47 heavy (non-hydrogen) atoms. The number of nitriles is 1. The van der Waals surface area contributed by atoms with E-state index >= 15 is 0 Å². The number of halogens is 10. The van der Waals surface area contributed by atoms with Crippen molar-refractivity contribution in [2.45, 2.75) is 67.7 Å². The van der Waals surface area contributed by atoms with Crippen LogP contribution in [0.25, 0.3) is 0 Å². The van der Waals surface area contributed by atoms with Gasteiger partial charge in [0.05, 0.1) is 28.6 Å². The van der Waals surface area contributed by atoms with Gasteiger partial charge in [-0.25, -0.2) is 0 Å². The second kappa shape index (κ2) is 18.2. The summed E-state index contributed by atoms with van der Waals surface area (Å²) >= 11 is 25.4. The van der Waals surface area contributed by atoms with Crippen LogP contribution in [0.15, 0.2) is 0 Å². The average Bonchev–Trinajstić information content (AvgIpc) is 3.00. The zero-order valence-corrected chi connectivity index (χ0v) is 32.5. The van der Waals surface area contributed by atoms with Crippen LogP contribution in [0.3, 0.4) is 0 Å². The second-order valence-corrected chi connectivity index (χ2v) is 18.5. The summed E-state index contributed by atoms with van der Waals surface area (Å²) in [6.45, 7) is 14.6. The fourth-order valence-electron chi connectivity index (χ4n) is 5.89. The minimum absolute atomic E-state index is 0.0233. The molecular weight excluding hydrogens is 756 g/mol. The van der Waals surface area contributed by atoms with Crippen molar-refractivity contribution in [3.63, 3.8) is 0 Å². The molecule has 0 atom stereocenters. The molecule has 7 nitrogen and oxygen atoms in total. The number of hydrogen-bond acceptors (Lipinski definition) is 7. The normalized spacial score (nSPS) is 13.4. The van der Waals surface area contributed by atoms with E-state index < -0.39 is 61.0 Å². The standard InChI is InChI=1S/C28H43Cl4F6N5O2P2/c1-9-40(10-2)46(41(11-3)12-4,19(17-39)26(27(33,34)35)28(36,37)38)18-47(42(13-5)14-6,43(15-7)16-8)45-25-23(32)21(30)20(29)22(31)24(25)44/h26H,9-16,18H2,1-8H3/p+1. The van der Waals surface area contributed by atoms with E-state index in [-0.39, 0.29) is 67.4 Å². The number of rotatable bonds is 17. The fourth-order valence-corrected chi connectivity index (χ4v) is 19.1. The van der Waals surface area contributed by atoms with E-state index in [0.717, 1.165) is 0 Å². The first-order valence-electron chi connectivity index (χ1n) is 15.2. The van der Waals surface area contributed by atoms with Crippen molar-refractivity contribution >= 4 is 66.7 Å². The van der Waals surface area contributed by atoms with Gasteiger partial charge in [0.2, 0.25) is 5.75 Å². The van der Waals surface area contributed by atoms with Crippen LogP contribution in [0.4, 0.5) is 26.3 Å². The van der Waals surface area contributed by atoms with Gasteiger partial charge in [0.15, 0.2) is 17.6 Å². The highest BCUT2D eigenvalue weighted by Gasteiger charge is 2.65. The van der Waals surface area contributed by atoms with Crippen LogP contribution >= 0.6 is 61.4 Å². The fraction of sp³-hybridized carbons (Fsp3) is 0.714. The monoisotopic (exact) mass is 798 g/mol. The molecule has 0 spiro atoms. The number of aromatic hydroxyl groups is 1. The molecule has 0 amide bonds. The van der Waals surface area contributed by atoms with Gasteiger partial charge in [-0.15, -0.1) is 9.34 Å². The lowest BCUT2D eigenvalue weighted by Gasteiger charge is -2.50. The van der Waals surface area contributed by atoms with Crippen molar-refractivity contribution in [1.29, 1.82) is 5.26 Å². The second-order valence-electron chi connectivity index (χ2n) is 10.1. The van der Waals surface area contributed by atoms with Gasteiger partial charge >= 0.3 is 20.1 Å². The number of phenols is 1. The Morgan fingerprint density at radius 1 is 0.723 bits per heavy atom. The highest BCUT2D eigenvalue weighted by atomic mass is 35.5. The van der Waals surface area contributed by atoms with Gasteiger partial charge < -0.3 is 9.63 Å². The van der Waals surface area contributed by atoms with E-state index in [9.17, 15) is 36.7 Å². The van der Waals surface area contributed by atoms with Crippen molar-refractivity contribution in [3.8, 4) is 17.6 Å². The smallest absolute Gasteiger partial charge is 0.405 e. The molecule has 1 aromatic carbocycles. The van der Waals surface area contributed by atoms with Gasteiger partial charge in [-0.2, -0.15) is 31.6 Å². The van der Waals surface area contributed by atoms with Crippen molar-refractivity contribution in [1.82, 2.24) is 18.7 Å². The first kappa shape index (κ1) is 44.6. The maximum Gasteiger partial charge on any atom is 0.405 e. The highest BCUT2D eigenvalue weighted by molar-refractivity contribution is 7.86. The molecule has 0 bridgehead atoms. The van der Waals surface area contributed by atoms with E-state index in [1.165, 1.54) is 6.07 Å². The van der Waals surface area contributed by atoms with Crippen LogP contribution in [0, 0.1) is 17.2 Å². The molecule has 272 valence electrons. The molecule has 1 aromatic rings. The quantitative estimate of drug-likeness (QED) is 0.0728. The summed E-state index contributed by atoms with van der Waals surface area (Å²) in [4.78, 5) is 0. The molecule has 0 fully saturated rings. The summed E-state index contributed by atoms with van der Waals surface area (Å²) < 4.78 is 102. The van der Waals surface area contributed by atoms with Crippen molar-refractivity contribution in [2.24, 2.45) is 5.92 Å². The number of phenolic OH excluding ortho intramolecular Hbond substituents is 1. The predicted molar refractivity (Wildman–Crippen MR) is 185 cm³/mol. The maximum atomic E-state index is 14.7. The van der Waals surface area contributed by atoms with Crippen molar-refractivity contribution in [3.05, 3.63) is 20.1 Å². The van der Waals surface area contributed by atoms with Crippen molar-refractivity contribution < 1.29 is 36.0 Å². The van der Waals surface area contributed by atoms with Crippen LogP contribution in [-0.2, 0) is 0 Å². The Hall–Kier alpha value is -0.380. The Labute approximate surface area is 295 Å². The molecule has 0 aliphatic carbocycles. The molecular formula is C28H44Cl4F6N5O2P2+. The minimum atomic E-state index is -5.83. The summed E-state index contributed by atoms with van der Waals surface area (Å²) in [6.07, 6.45) is -11.7. The highest BCUT2D eigenvalue weighted by Crippen LogP contribution is 2.77. The lowest BCUT2D eigenvalue weighted by Crippen LogP contribution is -2.49. The van der Waals surface area contributed by atoms with E-state index in [2.05, 4.69) is 0 Å². The Morgan fingerprint density at radius 2 is 1.09 bits per heavy atom. The third-order valence-corrected chi connectivity index (χ3v) is 20.3. The van der Waals surface area contributed by atoms with Crippen LogP contribution in [0.2, 0.25) is 20.1 Å². The average molecular weight is 800 g/mol. The molecule has 0 heterocycles. The Morgan fingerprint density at radius 3 is 1.38 bits per heavy atom. The van der Waals surface area contributed by atoms with Gasteiger partial charge in [-0.1, -0.05) is 74.1 Å². The van der Waals surface area contributed by atoms with E-state index in [1.807, 2.05) is 9.34 Å². The molecule has 0 aromatic heterocycles. The van der Waals surface area contributed by atoms with Gasteiger partial charge in [-0.05, 0) is 27.7 Å². The first-order chi connectivity index (χ1) is 21.7. The lowest BCUT2D eigenvalue weighted by atomic mass is 10.1. The molecule has 0 saturated heterocycles. The predicted octanol–water partition coefficient (Wildman–Crippen LogP) is 10.8. The SMILES string of the molecule is CCN(CC)P(C[P+](Oc1c(O)c(Cl)c(Cl)c(Cl)c1Cl)(N(CC)CC)N(CC)CC)(=C(C#N)C(C(F)(F)F)C(F)(F)F)N(CC)CC. The summed E-state index contributed by atoms with van der Waals surface area (Å²) in [5, 5.41) is 19.1. The summed E-state index contributed by atoms with van der Waals surface area (Å²) in [7, 11) is -7.87. The number of alkyl halides is 6. The molecule has 1 N–H and O–H groups in total. The van der Waals surface area contributed by atoms with E-state index in [0.29, 0.717) is 0 Å². The topological polar surface area (TPSA) is 66.2 Å². The van der Waals surface area contributed by atoms with Gasteiger partial charge in [0.1, 0.15) is 10.0 Å². The largest absolute Gasteiger partial charge is 0.503 e. The summed E-state index contributed by atoms with van der Waals surface area (Å²) in [5.74, 6) is -5.61. The zero-order valence-electron chi connectivity index (χ0n) is 27.7. The number of benzene rings is 1. The molecule has 0 saturated carbocycles. The number of nitrogens with zero attached hydrogens (tertiary/aromatic N) is 5. The van der Waals surface area contributed by atoms with Crippen LogP contribution < -0.4 is 4.52 Å². The molecule has 0 aliphatic rings. The number of hydrogen-bond donors (Lipinski definition) is 1. The molecule has 0 unspecified atom stereocenters. The summed E-state index contributed by atoms with van der Waals surface area (Å²) in [5.41, 5.74) is 0. The zero-order chi connectivity index (χ0) is 36.7. The molecule has 0 radical (unpaired) electrons. The van der Waals surface area contributed by atoms with Gasteiger partial charge in [0.25, 0.3) is 0 Å².